The summed E-state index contributed by atoms with van der Waals surface area (Å²) < 4.78 is 6.05. The molecule has 0 radical (unpaired) electrons. The normalized spacial score (nSPS) is 14.2. The molecule has 0 spiro atoms. The molecule has 0 atom stereocenters. The lowest BCUT2D eigenvalue weighted by Gasteiger charge is -2.23. The number of guanidine groups is 1. The van der Waals surface area contributed by atoms with Crippen molar-refractivity contribution in [2.45, 2.75) is 38.3 Å². The van der Waals surface area contributed by atoms with Gasteiger partial charge in [-0.2, -0.15) is 0 Å². The first-order valence-corrected chi connectivity index (χ1v) is 7.57. The molecule has 0 aromatic carbocycles. The fourth-order valence-electron chi connectivity index (χ4n) is 2.65. The Hall–Kier alpha value is -1.05. The van der Waals surface area contributed by atoms with Gasteiger partial charge >= 0.3 is 0 Å². The topological polar surface area (TPSA) is 41.0 Å². The first-order valence-electron chi connectivity index (χ1n) is 7.57. The molecule has 0 amide bonds. The average molecular weight is 418 g/mol. The largest absolute Gasteiger partial charge is 0.474 e. The quantitative estimate of drug-likeness (QED) is 0.428. The number of ether oxygens (including phenoxy) is 1. The van der Waals surface area contributed by atoms with E-state index in [9.17, 15) is 0 Å². The Bertz CT molecular complexity index is 475. The van der Waals surface area contributed by atoms with Crippen molar-refractivity contribution in [1.82, 2.24) is 14.8 Å². The van der Waals surface area contributed by atoms with Crippen molar-refractivity contribution < 1.29 is 4.74 Å². The third kappa shape index (κ3) is 5.30. The molecule has 22 heavy (non-hydrogen) atoms. The zero-order valence-corrected chi connectivity index (χ0v) is 16.3. The standard InChI is InChI=1S/C16H26N4O.HI/c1-19(2)16(20(3)4)18-12-13-8-7-11-17-15(13)21-14-9-5-6-10-14;/h7-8,11,14H,5-6,9-10,12H2,1-4H3;1H. The molecule has 5 nitrogen and oxygen atoms in total. The summed E-state index contributed by atoms with van der Waals surface area (Å²) in [5, 5.41) is 0. The van der Waals surface area contributed by atoms with E-state index in [0.29, 0.717) is 12.6 Å². The number of aliphatic imine (C=N–C) groups is 1. The van der Waals surface area contributed by atoms with Gasteiger partial charge in [0.1, 0.15) is 6.10 Å². The van der Waals surface area contributed by atoms with Gasteiger partial charge in [0.2, 0.25) is 5.88 Å². The molecule has 0 N–H and O–H groups in total. The Morgan fingerprint density at radius 2 is 1.86 bits per heavy atom. The van der Waals surface area contributed by atoms with E-state index in [0.717, 1.165) is 30.2 Å². The molecular formula is C16H27IN4O. The summed E-state index contributed by atoms with van der Waals surface area (Å²) in [6.45, 7) is 0.585. The van der Waals surface area contributed by atoms with Gasteiger partial charge in [-0.05, 0) is 31.7 Å². The first-order chi connectivity index (χ1) is 10.1. The molecule has 6 heteroatoms. The van der Waals surface area contributed by atoms with Crippen LogP contribution in [-0.2, 0) is 6.54 Å². The summed E-state index contributed by atoms with van der Waals surface area (Å²) in [6, 6.07) is 3.99. The van der Waals surface area contributed by atoms with Crippen LogP contribution in [-0.4, -0.2) is 55.0 Å². The molecule has 0 bridgehead atoms. The Balaban J connectivity index is 0.00000242. The summed E-state index contributed by atoms with van der Waals surface area (Å²) in [5.41, 5.74) is 1.05. The van der Waals surface area contributed by atoms with E-state index in [1.54, 1.807) is 6.20 Å². The number of pyridine rings is 1. The van der Waals surface area contributed by atoms with Crippen molar-refractivity contribution in [3.05, 3.63) is 23.9 Å². The fraction of sp³-hybridized carbons (Fsp3) is 0.625. The fourth-order valence-corrected chi connectivity index (χ4v) is 2.65. The van der Waals surface area contributed by atoms with E-state index in [4.69, 9.17) is 4.74 Å². The molecule has 1 fully saturated rings. The first kappa shape index (κ1) is 19.0. The Morgan fingerprint density at radius 1 is 1.23 bits per heavy atom. The molecule has 1 aliphatic carbocycles. The molecule has 1 aromatic heterocycles. The second-order valence-corrected chi connectivity index (χ2v) is 5.90. The van der Waals surface area contributed by atoms with Gasteiger partial charge in [0, 0.05) is 40.0 Å². The smallest absolute Gasteiger partial charge is 0.218 e. The Morgan fingerprint density at radius 3 is 2.45 bits per heavy atom. The van der Waals surface area contributed by atoms with Crippen molar-refractivity contribution in [2.75, 3.05) is 28.2 Å². The predicted octanol–water partition coefficient (Wildman–Crippen LogP) is 3.00. The van der Waals surface area contributed by atoms with Gasteiger partial charge in [0.05, 0.1) is 6.54 Å². The van der Waals surface area contributed by atoms with Crippen LogP contribution in [0.2, 0.25) is 0 Å². The summed E-state index contributed by atoms with van der Waals surface area (Å²) >= 11 is 0. The van der Waals surface area contributed by atoms with E-state index in [1.807, 2.05) is 50.1 Å². The van der Waals surface area contributed by atoms with Crippen LogP contribution in [0.1, 0.15) is 31.2 Å². The second-order valence-electron chi connectivity index (χ2n) is 5.90. The van der Waals surface area contributed by atoms with Crippen LogP contribution in [0.5, 0.6) is 5.88 Å². The highest BCUT2D eigenvalue weighted by atomic mass is 127. The van der Waals surface area contributed by atoms with Crippen molar-refractivity contribution in [3.63, 3.8) is 0 Å². The van der Waals surface area contributed by atoms with Crippen LogP contribution < -0.4 is 4.74 Å². The van der Waals surface area contributed by atoms with E-state index in [2.05, 4.69) is 9.98 Å². The highest BCUT2D eigenvalue weighted by molar-refractivity contribution is 14.0. The zero-order valence-electron chi connectivity index (χ0n) is 14.0. The van der Waals surface area contributed by atoms with Gasteiger partial charge in [-0.25, -0.2) is 9.98 Å². The van der Waals surface area contributed by atoms with Gasteiger partial charge in [-0.3, -0.25) is 0 Å². The van der Waals surface area contributed by atoms with Gasteiger partial charge in [-0.1, -0.05) is 6.07 Å². The Labute approximate surface area is 150 Å². The number of halogens is 1. The van der Waals surface area contributed by atoms with Gasteiger partial charge in [-0.15, -0.1) is 24.0 Å². The number of hydrogen-bond donors (Lipinski definition) is 0. The maximum Gasteiger partial charge on any atom is 0.218 e. The molecule has 0 unspecified atom stereocenters. The van der Waals surface area contributed by atoms with E-state index in [1.165, 1.54) is 12.8 Å². The maximum absolute atomic E-state index is 6.05. The lowest BCUT2D eigenvalue weighted by molar-refractivity contribution is 0.199. The van der Waals surface area contributed by atoms with Crippen LogP contribution in [0.15, 0.2) is 23.3 Å². The van der Waals surface area contributed by atoms with Crippen molar-refractivity contribution >= 4 is 29.9 Å². The number of nitrogens with zero attached hydrogens (tertiary/aromatic N) is 4. The number of hydrogen-bond acceptors (Lipinski definition) is 3. The SMILES string of the molecule is CN(C)C(=NCc1cccnc1OC1CCCC1)N(C)C.I. The molecule has 2 rings (SSSR count). The lowest BCUT2D eigenvalue weighted by atomic mass is 10.2. The Kier molecular flexibility index (Phi) is 7.92. The molecule has 124 valence electrons. The van der Waals surface area contributed by atoms with E-state index < -0.39 is 0 Å². The van der Waals surface area contributed by atoms with Crippen molar-refractivity contribution in [1.29, 1.82) is 0 Å². The second kappa shape index (κ2) is 9.17. The van der Waals surface area contributed by atoms with Gasteiger partial charge < -0.3 is 14.5 Å². The summed E-state index contributed by atoms with van der Waals surface area (Å²) in [5.74, 6) is 1.68. The molecule has 1 heterocycles. The van der Waals surface area contributed by atoms with Crippen LogP contribution in [0, 0.1) is 0 Å². The van der Waals surface area contributed by atoms with Crippen LogP contribution in [0.3, 0.4) is 0 Å². The van der Waals surface area contributed by atoms with Crippen LogP contribution in [0.25, 0.3) is 0 Å². The zero-order chi connectivity index (χ0) is 15.2. The monoisotopic (exact) mass is 418 g/mol. The molecular weight excluding hydrogens is 391 g/mol. The average Bonchev–Trinajstić information content (AvgIpc) is 2.93. The predicted molar refractivity (Wildman–Crippen MR) is 101 cm³/mol. The van der Waals surface area contributed by atoms with Crippen molar-refractivity contribution in [3.8, 4) is 5.88 Å². The maximum atomic E-state index is 6.05. The third-order valence-electron chi connectivity index (χ3n) is 3.62. The minimum Gasteiger partial charge on any atom is -0.474 e. The van der Waals surface area contributed by atoms with Crippen molar-refractivity contribution in [2.24, 2.45) is 4.99 Å². The lowest BCUT2D eigenvalue weighted by Crippen LogP contribution is -2.35. The van der Waals surface area contributed by atoms with Crippen LogP contribution >= 0.6 is 24.0 Å². The number of rotatable bonds is 4. The molecule has 1 saturated carbocycles. The van der Waals surface area contributed by atoms with Crippen LogP contribution in [0.4, 0.5) is 0 Å². The summed E-state index contributed by atoms with van der Waals surface area (Å²) in [7, 11) is 7.99. The molecule has 0 aliphatic heterocycles. The minimum absolute atomic E-state index is 0. The highest BCUT2D eigenvalue weighted by Crippen LogP contribution is 2.25. The van der Waals surface area contributed by atoms with Gasteiger partial charge in [0.15, 0.2) is 5.96 Å². The molecule has 1 aliphatic rings. The third-order valence-corrected chi connectivity index (χ3v) is 3.62. The summed E-state index contributed by atoms with van der Waals surface area (Å²) in [4.78, 5) is 13.1. The van der Waals surface area contributed by atoms with Gasteiger partial charge in [0.25, 0.3) is 0 Å². The molecule has 1 aromatic rings. The molecule has 0 saturated heterocycles. The van der Waals surface area contributed by atoms with E-state index in [-0.39, 0.29) is 24.0 Å². The number of aromatic nitrogens is 1. The minimum atomic E-state index is 0. The summed E-state index contributed by atoms with van der Waals surface area (Å²) in [6.07, 6.45) is 6.91. The van der Waals surface area contributed by atoms with E-state index >= 15 is 0 Å². The highest BCUT2D eigenvalue weighted by Gasteiger charge is 2.18.